The molecule has 0 bridgehead atoms. The molecular formula is C12H12N2O2. The van der Waals surface area contributed by atoms with Crippen LogP contribution in [0, 0.1) is 0 Å². The molecule has 1 aromatic carbocycles. The SMILES string of the molecule is CCc1cc(CN=C=O)cc(CN=C=O)c1. The van der Waals surface area contributed by atoms with Crippen molar-refractivity contribution in [1.29, 1.82) is 0 Å². The minimum atomic E-state index is 0.315. The Bertz CT molecular complexity index is 418. The van der Waals surface area contributed by atoms with Crippen molar-refractivity contribution in [3.63, 3.8) is 0 Å². The Morgan fingerprint density at radius 2 is 1.38 bits per heavy atom. The summed E-state index contributed by atoms with van der Waals surface area (Å²) in [6.45, 7) is 2.67. The van der Waals surface area contributed by atoms with Gasteiger partial charge in [0.05, 0.1) is 13.1 Å². The van der Waals surface area contributed by atoms with Crippen LogP contribution in [0.3, 0.4) is 0 Å². The number of hydrogen-bond donors (Lipinski definition) is 0. The number of aliphatic imine (C=N–C) groups is 2. The Balaban J connectivity index is 2.99. The van der Waals surface area contributed by atoms with Gasteiger partial charge in [-0.2, -0.15) is 0 Å². The molecule has 82 valence electrons. The van der Waals surface area contributed by atoms with Crippen LogP contribution in [0.15, 0.2) is 28.2 Å². The van der Waals surface area contributed by atoms with Gasteiger partial charge < -0.3 is 0 Å². The van der Waals surface area contributed by atoms with Crippen LogP contribution in [-0.4, -0.2) is 12.2 Å². The van der Waals surface area contributed by atoms with Crippen LogP contribution in [-0.2, 0) is 29.1 Å². The predicted octanol–water partition coefficient (Wildman–Crippen LogP) is 1.92. The first-order chi connectivity index (χ1) is 7.80. The summed E-state index contributed by atoms with van der Waals surface area (Å²) in [6, 6.07) is 5.84. The number of nitrogens with zero attached hydrogens (tertiary/aromatic N) is 2. The summed E-state index contributed by atoms with van der Waals surface area (Å²) < 4.78 is 0. The lowest BCUT2D eigenvalue weighted by atomic mass is 10.0. The molecule has 0 atom stereocenters. The van der Waals surface area contributed by atoms with Crippen molar-refractivity contribution in [2.24, 2.45) is 9.98 Å². The Kier molecular flexibility index (Phi) is 4.87. The second-order valence-corrected chi connectivity index (χ2v) is 3.33. The zero-order valence-electron chi connectivity index (χ0n) is 9.06. The van der Waals surface area contributed by atoms with E-state index in [0.29, 0.717) is 13.1 Å². The largest absolute Gasteiger partial charge is 0.235 e. The third-order valence-corrected chi connectivity index (χ3v) is 2.17. The number of isocyanates is 2. The number of aryl methyl sites for hydroxylation is 1. The Labute approximate surface area is 93.7 Å². The normalized spacial score (nSPS) is 9.06. The molecule has 0 N–H and O–H groups in total. The van der Waals surface area contributed by atoms with Gasteiger partial charge in [0.2, 0.25) is 12.2 Å². The maximum Gasteiger partial charge on any atom is 0.235 e. The monoisotopic (exact) mass is 216 g/mol. The first-order valence-electron chi connectivity index (χ1n) is 4.99. The molecule has 0 aliphatic carbocycles. The van der Waals surface area contributed by atoms with Gasteiger partial charge in [-0.15, -0.1) is 0 Å². The van der Waals surface area contributed by atoms with Gasteiger partial charge in [0.25, 0.3) is 0 Å². The van der Waals surface area contributed by atoms with Crippen molar-refractivity contribution in [2.75, 3.05) is 0 Å². The highest BCUT2D eigenvalue weighted by Crippen LogP contribution is 2.13. The van der Waals surface area contributed by atoms with Gasteiger partial charge in [-0.05, 0) is 23.1 Å². The van der Waals surface area contributed by atoms with E-state index in [9.17, 15) is 9.59 Å². The standard InChI is InChI=1S/C12H12N2O2/c1-2-10-3-11(6-13-8-15)5-12(4-10)7-14-9-16/h3-5H,2,6-7H2,1H3. The minimum absolute atomic E-state index is 0.315. The van der Waals surface area contributed by atoms with E-state index in [4.69, 9.17) is 0 Å². The summed E-state index contributed by atoms with van der Waals surface area (Å²) in [4.78, 5) is 27.1. The van der Waals surface area contributed by atoms with E-state index >= 15 is 0 Å². The van der Waals surface area contributed by atoms with E-state index in [1.54, 1.807) is 0 Å². The molecule has 0 heterocycles. The fraction of sp³-hybridized carbons (Fsp3) is 0.333. The van der Waals surface area contributed by atoms with Crippen molar-refractivity contribution >= 4 is 12.2 Å². The van der Waals surface area contributed by atoms with Gasteiger partial charge in [0, 0.05) is 0 Å². The summed E-state index contributed by atoms with van der Waals surface area (Å²) in [7, 11) is 0. The third kappa shape index (κ3) is 3.62. The maximum absolute atomic E-state index is 10.0. The maximum atomic E-state index is 10.0. The molecule has 0 spiro atoms. The molecule has 0 amide bonds. The molecule has 0 radical (unpaired) electrons. The van der Waals surface area contributed by atoms with Crippen LogP contribution in [0.25, 0.3) is 0 Å². The lowest BCUT2D eigenvalue weighted by molar-refractivity contribution is 0.562. The highest BCUT2D eigenvalue weighted by molar-refractivity contribution is 5.37. The molecule has 0 unspecified atom stereocenters. The van der Waals surface area contributed by atoms with E-state index < -0.39 is 0 Å². The summed E-state index contributed by atoms with van der Waals surface area (Å²) in [5.41, 5.74) is 2.99. The van der Waals surface area contributed by atoms with Gasteiger partial charge in [0.1, 0.15) is 0 Å². The van der Waals surface area contributed by atoms with Crippen LogP contribution >= 0.6 is 0 Å². The van der Waals surface area contributed by atoms with Crippen LogP contribution < -0.4 is 0 Å². The minimum Gasteiger partial charge on any atom is -0.211 e. The molecule has 1 rings (SSSR count). The Morgan fingerprint density at radius 1 is 0.938 bits per heavy atom. The summed E-state index contributed by atoms with van der Waals surface area (Å²) >= 11 is 0. The smallest absolute Gasteiger partial charge is 0.211 e. The topological polar surface area (TPSA) is 58.9 Å². The fourth-order valence-electron chi connectivity index (χ4n) is 1.47. The molecule has 4 nitrogen and oxygen atoms in total. The fourth-order valence-corrected chi connectivity index (χ4v) is 1.47. The van der Waals surface area contributed by atoms with Crippen LogP contribution in [0.2, 0.25) is 0 Å². The number of rotatable bonds is 5. The molecule has 16 heavy (non-hydrogen) atoms. The molecule has 1 aromatic rings. The molecule has 4 heteroatoms. The van der Waals surface area contributed by atoms with Crippen molar-refractivity contribution in [1.82, 2.24) is 0 Å². The summed E-state index contributed by atoms with van der Waals surface area (Å²) in [6.07, 6.45) is 3.90. The molecule has 0 aliphatic heterocycles. The average molecular weight is 216 g/mol. The van der Waals surface area contributed by atoms with E-state index in [1.807, 2.05) is 25.1 Å². The zero-order valence-corrected chi connectivity index (χ0v) is 9.06. The molecule has 0 fully saturated rings. The Morgan fingerprint density at radius 3 is 1.75 bits per heavy atom. The number of carbonyl (C=O) groups excluding carboxylic acids is 2. The number of hydrogen-bond acceptors (Lipinski definition) is 4. The molecule has 0 aromatic heterocycles. The van der Waals surface area contributed by atoms with Gasteiger partial charge in [-0.25, -0.2) is 19.6 Å². The second-order valence-electron chi connectivity index (χ2n) is 3.33. The predicted molar refractivity (Wildman–Crippen MR) is 59.5 cm³/mol. The highest BCUT2D eigenvalue weighted by atomic mass is 16.1. The zero-order chi connectivity index (χ0) is 11.8. The average Bonchev–Trinajstić information content (AvgIpc) is 2.33. The first kappa shape index (κ1) is 12.1. The quantitative estimate of drug-likeness (QED) is 0.557. The van der Waals surface area contributed by atoms with Crippen molar-refractivity contribution in [3.05, 3.63) is 34.9 Å². The van der Waals surface area contributed by atoms with E-state index in [2.05, 4.69) is 9.98 Å². The summed E-state index contributed by atoms with van der Waals surface area (Å²) in [5.74, 6) is 0. The molecule has 0 saturated carbocycles. The van der Waals surface area contributed by atoms with E-state index in [0.717, 1.165) is 23.1 Å². The van der Waals surface area contributed by atoms with Crippen molar-refractivity contribution in [2.45, 2.75) is 26.4 Å². The van der Waals surface area contributed by atoms with Crippen LogP contribution in [0.5, 0.6) is 0 Å². The lowest BCUT2D eigenvalue weighted by Crippen LogP contribution is -1.91. The van der Waals surface area contributed by atoms with E-state index in [-0.39, 0.29) is 0 Å². The molecule has 0 saturated heterocycles. The van der Waals surface area contributed by atoms with Crippen molar-refractivity contribution in [3.8, 4) is 0 Å². The van der Waals surface area contributed by atoms with Crippen molar-refractivity contribution < 1.29 is 9.59 Å². The first-order valence-corrected chi connectivity index (χ1v) is 4.99. The van der Waals surface area contributed by atoms with Gasteiger partial charge >= 0.3 is 0 Å². The number of benzene rings is 1. The lowest BCUT2D eigenvalue weighted by Gasteiger charge is -2.04. The van der Waals surface area contributed by atoms with Gasteiger partial charge in [0.15, 0.2) is 0 Å². The third-order valence-electron chi connectivity index (χ3n) is 2.17. The Hall–Kier alpha value is -2.02. The molecular weight excluding hydrogens is 204 g/mol. The van der Waals surface area contributed by atoms with Crippen LogP contribution in [0.1, 0.15) is 23.6 Å². The summed E-state index contributed by atoms with van der Waals surface area (Å²) in [5, 5.41) is 0. The highest BCUT2D eigenvalue weighted by Gasteiger charge is 1.99. The molecule has 0 aliphatic rings. The van der Waals surface area contributed by atoms with Gasteiger partial charge in [-0.3, -0.25) is 0 Å². The van der Waals surface area contributed by atoms with Crippen LogP contribution in [0.4, 0.5) is 0 Å². The second kappa shape index (κ2) is 6.46. The van der Waals surface area contributed by atoms with Gasteiger partial charge in [-0.1, -0.05) is 25.1 Å². The van der Waals surface area contributed by atoms with E-state index in [1.165, 1.54) is 12.2 Å².